The van der Waals surface area contributed by atoms with E-state index in [2.05, 4.69) is 293 Å². The van der Waals surface area contributed by atoms with Gasteiger partial charge in [0.25, 0.3) is 0 Å². The van der Waals surface area contributed by atoms with Crippen LogP contribution in [-0.2, 0) is 0 Å². The van der Waals surface area contributed by atoms with Crippen molar-refractivity contribution in [2.24, 2.45) is 0 Å². The number of anilines is 6. The summed E-state index contributed by atoms with van der Waals surface area (Å²) in [5.74, 6) is 0. The van der Waals surface area contributed by atoms with Crippen molar-refractivity contribution in [3.05, 3.63) is 279 Å². The summed E-state index contributed by atoms with van der Waals surface area (Å²) in [5.41, 5.74) is 16.9. The molecule has 0 saturated carbocycles. The molecule has 348 valence electrons. The Bertz CT molecular complexity index is 4340. The molecule has 74 heavy (non-hydrogen) atoms. The third-order valence-corrected chi connectivity index (χ3v) is 15.4. The molecule has 0 aliphatic carbocycles. The zero-order valence-electron chi connectivity index (χ0n) is 40.3. The van der Waals surface area contributed by atoms with Crippen molar-refractivity contribution < 1.29 is 0 Å². The molecule has 12 aromatic carbocycles. The highest BCUT2D eigenvalue weighted by molar-refractivity contribution is 7.21. The molecule has 14 rings (SSSR count). The molecule has 0 spiro atoms. The van der Waals surface area contributed by atoms with Gasteiger partial charge in [0.1, 0.15) is 5.01 Å². The molecule has 0 fully saturated rings. The maximum Gasteiger partial charge on any atom is 0.124 e. The molecule has 0 bridgehead atoms. The van der Waals surface area contributed by atoms with Gasteiger partial charge in [0.2, 0.25) is 0 Å². The summed E-state index contributed by atoms with van der Waals surface area (Å²) in [5, 5.41) is 8.21. The van der Waals surface area contributed by atoms with E-state index in [0.717, 1.165) is 60.6 Å². The molecular weight excluding hydrogens is 917 g/mol. The van der Waals surface area contributed by atoms with Crippen LogP contribution in [-0.4, -0.2) is 9.55 Å². The lowest BCUT2D eigenvalue weighted by atomic mass is 9.99. The Hall–Kier alpha value is -9.55. The molecule has 14 aromatic rings. The van der Waals surface area contributed by atoms with Gasteiger partial charge in [-0.05, 0) is 147 Å². The first kappa shape index (κ1) is 43.3. The average Bonchev–Trinajstić information content (AvgIpc) is 4.06. The third-order valence-electron chi connectivity index (χ3n) is 14.4. The quantitative estimate of drug-likeness (QED) is 0.128. The van der Waals surface area contributed by atoms with E-state index < -0.39 is 0 Å². The fourth-order valence-electron chi connectivity index (χ4n) is 10.8. The number of aromatic nitrogens is 2. The van der Waals surface area contributed by atoms with Gasteiger partial charge in [-0.3, -0.25) is 0 Å². The van der Waals surface area contributed by atoms with E-state index in [9.17, 15) is 0 Å². The molecule has 4 nitrogen and oxygen atoms in total. The Morgan fingerprint density at radius 2 is 0.730 bits per heavy atom. The highest BCUT2D eigenvalue weighted by Crippen LogP contribution is 2.44. The van der Waals surface area contributed by atoms with Gasteiger partial charge < -0.3 is 14.4 Å². The molecule has 2 heterocycles. The van der Waals surface area contributed by atoms with Crippen LogP contribution in [0.15, 0.2) is 279 Å². The number of para-hydroxylation sites is 2. The molecule has 0 atom stereocenters. The molecular formula is C69H46N4S. The number of fused-ring (bicyclic) bond motifs is 7. The summed E-state index contributed by atoms with van der Waals surface area (Å²) in [7, 11) is 0. The smallest absolute Gasteiger partial charge is 0.124 e. The normalized spacial score (nSPS) is 11.5. The van der Waals surface area contributed by atoms with Crippen LogP contribution in [0.4, 0.5) is 34.1 Å². The standard InChI is InChI=1S/C69H46N4S/c1-5-15-47(16-6-1)49-27-31-55(32-28-49)71(59-38-42-67-64(45-59)63-23-13-14-24-66(63)73(67)54-21-11-4-12-22-54)57-35-39-61-52(43-57)25-26-53-44-58(36-40-62(53)61)72(56-33-29-50(30-34-56)48-17-7-2-8-18-48)60-37-41-65-68(46-60)74-69(70-65)51-19-9-3-10-20-51/h1-46H. The van der Waals surface area contributed by atoms with Gasteiger partial charge in [0, 0.05) is 56.1 Å². The maximum absolute atomic E-state index is 5.04. The predicted octanol–water partition coefficient (Wildman–Crippen LogP) is 19.6. The summed E-state index contributed by atoms with van der Waals surface area (Å²) in [6.45, 7) is 0. The first-order valence-corrected chi connectivity index (χ1v) is 25.9. The second-order valence-electron chi connectivity index (χ2n) is 18.8. The Labute approximate surface area is 433 Å². The molecule has 5 heteroatoms. The van der Waals surface area contributed by atoms with Crippen molar-refractivity contribution in [1.82, 2.24) is 9.55 Å². The van der Waals surface area contributed by atoms with Crippen LogP contribution in [0.2, 0.25) is 0 Å². The van der Waals surface area contributed by atoms with Crippen molar-refractivity contribution in [2.75, 3.05) is 9.80 Å². The van der Waals surface area contributed by atoms with Crippen LogP contribution >= 0.6 is 11.3 Å². The fourth-order valence-corrected chi connectivity index (χ4v) is 11.8. The van der Waals surface area contributed by atoms with E-state index in [-0.39, 0.29) is 0 Å². The minimum absolute atomic E-state index is 1.00. The number of nitrogens with zero attached hydrogens (tertiary/aromatic N) is 4. The average molecular weight is 963 g/mol. The molecule has 0 aliphatic rings. The van der Waals surface area contributed by atoms with Gasteiger partial charge in [-0.15, -0.1) is 11.3 Å². The van der Waals surface area contributed by atoms with Gasteiger partial charge >= 0.3 is 0 Å². The predicted molar refractivity (Wildman–Crippen MR) is 315 cm³/mol. The number of thiazole rings is 1. The molecule has 0 aliphatic heterocycles. The van der Waals surface area contributed by atoms with Crippen molar-refractivity contribution in [2.45, 2.75) is 0 Å². The highest BCUT2D eigenvalue weighted by Gasteiger charge is 2.20. The van der Waals surface area contributed by atoms with Crippen LogP contribution in [0, 0.1) is 0 Å². The van der Waals surface area contributed by atoms with E-state index in [0.29, 0.717) is 0 Å². The zero-order valence-corrected chi connectivity index (χ0v) is 41.1. The number of hydrogen-bond donors (Lipinski definition) is 0. The van der Waals surface area contributed by atoms with E-state index in [1.54, 1.807) is 11.3 Å². The third kappa shape index (κ3) is 7.75. The van der Waals surface area contributed by atoms with Gasteiger partial charge in [0.15, 0.2) is 0 Å². The molecule has 0 amide bonds. The summed E-state index contributed by atoms with van der Waals surface area (Å²) in [6.07, 6.45) is 0. The topological polar surface area (TPSA) is 24.3 Å². The summed E-state index contributed by atoms with van der Waals surface area (Å²) >= 11 is 1.73. The van der Waals surface area contributed by atoms with E-state index in [1.165, 1.54) is 65.6 Å². The zero-order chi connectivity index (χ0) is 49.0. The summed E-state index contributed by atoms with van der Waals surface area (Å²) < 4.78 is 3.53. The van der Waals surface area contributed by atoms with E-state index in [1.807, 2.05) is 0 Å². The molecule has 0 radical (unpaired) electrons. The largest absolute Gasteiger partial charge is 0.310 e. The Morgan fingerprint density at radius 3 is 1.31 bits per heavy atom. The Morgan fingerprint density at radius 1 is 0.297 bits per heavy atom. The number of benzene rings is 12. The van der Waals surface area contributed by atoms with Crippen LogP contribution < -0.4 is 9.80 Å². The minimum atomic E-state index is 1.00. The molecule has 0 unspecified atom stereocenters. The number of rotatable bonds is 10. The molecule has 2 aromatic heterocycles. The summed E-state index contributed by atoms with van der Waals surface area (Å²) in [6, 6.07) is 101. The summed E-state index contributed by atoms with van der Waals surface area (Å²) in [4.78, 5) is 9.82. The Balaban J connectivity index is 0.876. The second kappa shape index (κ2) is 18.2. The lowest BCUT2D eigenvalue weighted by Crippen LogP contribution is -2.10. The molecule has 0 N–H and O–H groups in total. The first-order valence-electron chi connectivity index (χ1n) is 25.1. The maximum atomic E-state index is 5.04. The highest BCUT2D eigenvalue weighted by atomic mass is 32.1. The fraction of sp³-hybridized carbons (Fsp3) is 0. The monoisotopic (exact) mass is 962 g/mol. The van der Waals surface area contributed by atoms with Gasteiger partial charge in [0.05, 0.1) is 21.3 Å². The number of hydrogen-bond acceptors (Lipinski definition) is 4. The van der Waals surface area contributed by atoms with Gasteiger partial charge in [-0.1, -0.05) is 176 Å². The van der Waals surface area contributed by atoms with Crippen molar-refractivity contribution in [1.29, 1.82) is 0 Å². The van der Waals surface area contributed by atoms with Crippen molar-refractivity contribution in [3.63, 3.8) is 0 Å². The molecule has 0 saturated heterocycles. The SMILES string of the molecule is c1ccc(-c2ccc(N(c3ccc4c(ccc5cc(N(c6ccc(-c7ccccc7)cc6)c6ccc7c(c6)c6ccccc6n7-c6ccccc6)ccc54)c3)c3ccc4nc(-c5ccccc5)sc4c3)cc2)cc1. The van der Waals surface area contributed by atoms with Crippen LogP contribution in [0.1, 0.15) is 0 Å². The van der Waals surface area contributed by atoms with Crippen molar-refractivity contribution in [3.8, 4) is 38.5 Å². The van der Waals surface area contributed by atoms with Crippen LogP contribution in [0.5, 0.6) is 0 Å². The lowest BCUT2D eigenvalue weighted by molar-refractivity contribution is 1.18. The van der Waals surface area contributed by atoms with Crippen LogP contribution in [0.25, 0.3) is 92.1 Å². The first-order chi connectivity index (χ1) is 36.7. The van der Waals surface area contributed by atoms with E-state index in [4.69, 9.17) is 4.98 Å². The van der Waals surface area contributed by atoms with Crippen molar-refractivity contribution >= 4 is 99.0 Å². The van der Waals surface area contributed by atoms with Gasteiger partial charge in [-0.25, -0.2) is 4.98 Å². The Kier molecular flexibility index (Phi) is 10.7. The second-order valence-corrected chi connectivity index (χ2v) is 19.8. The van der Waals surface area contributed by atoms with Crippen LogP contribution in [0.3, 0.4) is 0 Å². The minimum Gasteiger partial charge on any atom is -0.310 e. The van der Waals surface area contributed by atoms with Gasteiger partial charge in [-0.2, -0.15) is 0 Å². The lowest BCUT2D eigenvalue weighted by Gasteiger charge is -2.27. The van der Waals surface area contributed by atoms with E-state index >= 15 is 0 Å².